The molecule has 1 aliphatic heterocycles. The van der Waals surface area contributed by atoms with Crippen LogP contribution in [0, 0.1) is 0 Å². The number of carbonyl (C=O) groups is 2. The van der Waals surface area contributed by atoms with Gasteiger partial charge < -0.3 is 0 Å². The van der Waals surface area contributed by atoms with Crippen LogP contribution in [0.2, 0.25) is 0 Å². The van der Waals surface area contributed by atoms with Crippen LogP contribution in [0.3, 0.4) is 0 Å². The van der Waals surface area contributed by atoms with Gasteiger partial charge in [0.2, 0.25) is 11.9 Å². The molecule has 0 fully saturated rings. The lowest BCUT2D eigenvalue weighted by atomic mass is 10.1. The van der Waals surface area contributed by atoms with E-state index in [1.54, 1.807) is 12.1 Å². The lowest BCUT2D eigenvalue weighted by Gasteiger charge is -2.17. The van der Waals surface area contributed by atoms with Crippen LogP contribution in [0.15, 0.2) is 85.4 Å². The molecule has 0 aliphatic carbocycles. The van der Waals surface area contributed by atoms with Crippen molar-refractivity contribution in [2.45, 2.75) is 0 Å². The van der Waals surface area contributed by atoms with Crippen molar-refractivity contribution in [2.24, 2.45) is 0 Å². The van der Waals surface area contributed by atoms with E-state index < -0.39 is 0 Å². The summed E-state index contributed by atoms with van der Waals surface area (Å²) in [5.74, 6) is -0.158. The predicted molar refractivity (Wildman–Crippen MR) is 116 cm³/mol. The smallest absolute Gasteiger partial charge is 0.259 e. The summed E-state index contributed by atoms with van der Waals surface area (Å²) in [5, 5.41) is 2.87. The first-order valence-electron chi connectivity index (χ1n) is 9.56. The second-order valence-corrected chi connectivity index (χ2v) is 7.03. The highest BCUT2D eigenvalue weighted by atomic mass is 16.2. The highest BCUT2D eigenvalue weighted by Crippen LogP contribution is 2.31. The molecule has 0 saturated heterocycles. The van der Waals surface area contributed by atoms with Crippen LogP contribution in [0.1, 0.15) is 15.9 Å². The number of para-hydroxylation sites is 3. The minimum Gasteiger partial charge on any atom is -0.299 e. The third kappa shape index (κ3) is 2.86. The number of carbonyl (C=O) groups excluding carboxylic acids is 2. The molecule has 0 atom stereocenters. The van der Waals surface area contributed by atoms with Gasteiger partial charge in [-0.3, -0.25) is 24.4 Å². The maximum absolute atomic E-state index is 12.9. The molecule has 0 spiro atoms. The minimum atomic E-state index is -0.343. The maximum atomic E-state index is 12.9. The van der Waals surface area contributed by atoms with Crippen LogP contribution in [0.25, 0.3) is 22.4 Å². The fraction of sp³-hybridized carbons (Fsp3) is 0.0417. The van der Waals surface area contributed by atoms with Crippen LogP contribution in [0.4, 0.5) is 5.95 Å². The van der Waals surface area contributed by atoms with Gasteiger partial charge in [0.1, 0.15) is 6.54 Å². The normalized spacial score (nSPS) is 13.0. The highest BCUT2D eigenvalue weighted by molar-refractivity contribution is 6.11. The summed E-state index contributed by atoms with van der Waals surface area (Å²) < 4.78 is 1.89. The van der Waals surface area contributed by atoms with Crippen molar-refractivity contribution in [3.05, 3.63) is 96.6 Å². The van der Waals surface area contributed by atoms with Crippen LogP contribution in [0.5, 0.6) is 0 Å². The number of imidazole rings is 1. The molecule has 4 aromatic rings. The SMILES string of the molecule is C=C1c2ccccc2C(=O)N1CC(=O)Nc1nc2ccccc2n1-c1ccccc1. The third-order valence-electron chi connectivity index (χ3n) is 5.17. The Balaban J connectivity index is 1.45. The highest BCUT2D eigenvalue weighted by Gasteiger charge is 2.32. The molecule has 3 aromatic carbocycles. The van der Waals surface area contributed by atoms with Crippen molar-refractivity contribution >= 4 is 34.5 Å². The van der Waals surface area contributed by atoms with E-state index in [4.69, 9.17) is 0 Å². The Labute approximate surface area is 173 Å². The molecule has 146 valence electrons. The number of hydrogen-bond acceptors (Lipinski definition) is 3. The molecule has 2 heterocycles. The lowest BCUT2D eigenvalue weighted by molar-refractivity contribution is -0.116. The van der Waals surface area contributed by atoms with E-state index in [1.807, 2.05) is 71.3 Å². The van der Waals surface area contributed by atoms with Crippen molar-refractivity contribution in [2.75, 3.05) is 11.9 Å². The Hall–Kier alpha value is -4.19. The number of hydrogen-bond donors (Lipinski definition) is 1. The predicted octanol–water partition coefficient (Wildman–Crippen LogP) is 4.09. The second kappa shape index (κ2) is 7.00. The Morgan fingerprint density at radius 2 is 1.57 bits per heavy atom. The Morgan fingerprint density at radius 1 is 0.900 bits per heavy atom. The van der Waals surface area contributed by atoms with Crippen molar-refractivity contribution in [3.63, 3.8) is 0 Å². The van der Waals surface area contributed by atoms with Gasteiger partial charge in [0.15, 0.2) is 0 Å². The molecule has 2 amide bonds. The number of nitrogens with zero attached hydrogens (tertiary/aromatic N) is 3. The molecule has 1 aliphatic rings. The summed E-state index contributed by atoms with van der Waals surface area (Å²) in [6, 6.07) is 24.6. The Morgan fingerprint density at radius 3 is 2.33 bits per heavy atom. The average Bonchev–Trinajstić information content (AvgIpc) is 3.25. The Bertz CT molecular complexity index is 1270. The second-order valence-electron chi connectivity index (χ2n) is 7.03. The first-order chi connectivity index (χ1) is 14.6. The zero-order chi connectivity index (χ0) is 20.7. The van der Waals surface area contributed by atoms with E-state index in [0.29, 0.717) is 17.2 Å². The fourth-order valence-corrected chi connectivity index (χ4v) is 3.76. The van der Waals surface area contributed by atoms with Crippen molar-refractivity contribution in [1.29, 1.82) is 0 Å². The molecule has 0 radical (unpaired) electrons. The average molecular weight is 394 g/mol. The van der Waals surface area contributed by atoms with Gasteiger partial charge in [-0.1, -0.05) is 55.1 Å². The van der Waals surface area contributed by atoms with Crippen molar-refractivity contribution in [3.8, 4) is 5.69 Å². The third-order valence-corrected chi connectivity index (χ3v) is 5.17. The summed E-state index contributed by atoms with van der Waals surface area (Å²) in [4.78, 5) is 31.5. The number of anilines is 1. The molecule has 1 N–H and O–H groups in total. The largest absolute Gasteiger partial charge is 0.299 e. The molecule has 5 rings (SSSR count). The summed E-state index contributed by atoms with van der Waals surface area (Å²) in [7, 11) is 0. The Kier molecular flexibility index (Phi) is 4.17. The molecular formula is C24H18N4O2. The number of rotatable bonds is 4. The monoisotopic (exact) mass is 394 g/mol. The summed E-state index contributed by atoms with van der Waals surface area (Å²) in [6.07, 6.45) is 0. The molecule has 6 nitrogen and oxygen atoms in total. The van der Waals surface area contributed by atoms with E-state index in [-0.39, 0.29) is 18.4 Å². The topological polar surface area (TPSA) is 67.2 Å². The zero-order valence-electron chi connectivity index (χ0n) is 16.1. The number of benzene rings is 3. The first-order valence-corrected chi connectivity index (χ1v) is 9.56. The van der Waals surface area contributed by atoms with Crippen LogP contribution in [-0.4, -0.2) is 32.8 Å². The van der Waals surface area contributed by atoms with Gasteiger partial charge in [0.25, 0.3) is 5.91 Å². The van der Waals surface area contributed by atoms with Crippen LogP contribution >= 0.6 is 0 Å². The van der Waals surface area contributed by atoms with Gasteiger partial charge in [0.05, 0.1) is 11.0 Å². The standard InChI is InChI=1S/C24H18N4O2/c1-16-18-11-5-6-12-19(18)23(30)27(16)15-22(29)26-24-25-20-13-7-8-14-21(20)28(24)17-9-3-2-4-10-17/h2-14H,1,15H2,(H,25,26,29). The van der Waals surface area contributed by atoms with Gasteiger partial charge in [-0.05, 0) is 30.3 Å². The quantitative estimate of drug-likeness (QED) is 0.567. The fourth-order valence-electron chi connectivity index (χ4n) is 3.76. The van der Waals surface area contributed by atoms with Gasteiger partial charge in [-0.25, -0.2) is 4.98 Å². The number of amides is 2. The molecule has 1 aromatic heterocycles. The van der Waals surface area contributed by atoms with E-state index in [2.05, 4.69) is 16.9 Å². The molecule has 0 bridgehead atoms. The van der Waals surface area contributed by atoms with Gasteiger partial charge in [-0.2, -0.15) is 0 Å². The van der Waals surface area contributed by atoms with E-state index in [0.717, 1.165) is 22.3 Å². The summed E-state index contributed by atoms with van der Waals surface area (Å²) in [5.41, 5.74) is 4.38. The first kappa shape index (κ1) is 17.9. The van der Waals surface area contributed by atoms with E-state index >= 15 is 0 Å². The molecular weight excluding hydrogens is 376 g/mol. The van der Waals surface area contributed by atoms with Crippen molar-refractivity contribution < 1.29 is 9.59 Å². The van der Waals surface area contributed by atoms with E-state index in [1.165, 1.54) is 4.90 Å². The molecule has 30 heavy (non-hydrogen) atoms. The number of fused-ring (bicyclic) bond motifs is 2. The van der Waals surface area contributed by atoms with Crippen molar-refractivity contribution in [1.82, 2.24) is 14.5 Å². The lowest BCUT2D eigenvalue weighted by Crippen LogP contribution is -2.33. The van der Waals surface area contributed by atoms with Crippen LogP contribution in [-0.2, 0) is 4.79 Å². The summed E-state index contributed by atoms with van der Waals surface area (Å²) in [6.45, 7) is 3.86. The minimum absolute atomic E-state index is 0.135. The van der Waals surface area contributed by atoms with Gasteiger partial charge in [0, 0.05) is 22.5 Å². The summed E-state index contributed by atoms with van der Waals surface area (Å²) >= 11 is 0. The molecule has 0 saturated carbocycles. The zero-order valence-corrected chi connectivity index (χ0v) is 16.1. The van der Waals surface area contributed by atoms with E-state index in [9.17, 15) is 9.59 Å². The van der Waals surface area contributed by atoms with Gasteiger partial charge >= 0.3 is 0 Å². The molecule has 0 unspecified atom stereocenters. The van der Waals surface area contributed by atoms with Crippen LogP contribution < -0.4 is 5.32 Å². The molecule has 6 heteroatoms. The number of nitrogens with one attached hydrogen (secondary N) is 1. The van der Waals surface area contributed by atoms with Gasteiger partial charge in [-0.15, -0.1) is 0 Å². The maximum Gasteiger partial charge on any atom is 0.259 e. The number of aromatic nitrogens is 2.